The van der Waals surface area contributed by atoms with Gasteiger partial charge >= 0.3 is 0 Å². The monoisotopic (exact) mass is 374 g/mol. The maximum atomic E-state index is 11.1. The van der Waals surface area contributed by atoms with E-state index in [0.717, 1.165) is 27.6 Å². The van der Waals surface area contributed by atoms with Gasteiger partial charge in [0.15, 0.2) is 11.6 Å². The molecular weight excluding hydrogens is 352 g/mol. The molecule has 0 N–H and O–H groups in total. The zero-order valence-corrected chi connectivity index (χ0v) is 16.0. The molecule has 0 aliphatic heterocycles. The van der Waals surface area contributed by atoms with Crippen molar-refractivity contribution in [2.75, 3.05) is 0 Å². The average Bonchev–Trinajstić information content (AvgIpc) is 2.46. The van der Waals surface area contributed by atoms with Gasteiger partial charge in [0.2, 0.25) is 0 Å². The first-order valence-corrected chi connectivity index (χ1v) is 8.63. The maximum Gasteiger partial charge on any atom is 0.160 e. The predicted octanol–water partition coefficient (Wildman–Crippen LogP) is 5.60. The molecule has 0 saturated carbocycles. The summed E-state index contributed by atoms with van der Waals surface area (Å²) >= 11 is 3.36. The molecule has 0 heterocycles. The van der Waals surface area contributed by atoms with Crippen LogP contribution < -0.4 is 0 Å². The van der Waals surface area contributed by atoms with Crippen LogP contribution >= 0.6 is 15.9 Å². The van der Waals surface area contributed by atoms with E-state index in [2.05, 4.69) is 15.9 Å². The van der Waals surface area contributed by atoms with E-state index in [9.17, 15) is 9.59 Å². The molecule has 0 unspecified atom stereocenters. The predicted molar refractivity (Wildman–Crippen MR) is 99.7 cm³/mol. The van der Waals surface area contributed by atoms with Crippen LogP contribution in [0, 0.1) is 20.8 Å². The van der Waals surface area contributed by atoms with Gasteiger partial charge in [-0.2, -0.15) is 0 Å². The van der Waals surface area contributed by atoms with E-state index in [1.165, 1.54) is 11.1 Å². The zero-order valence-electron chi connectivity index (χ0n) is 14.4. The molecule has 0 fully saturated rings. The molecule has 0 amide bonds. The van der Waals surface area contributed by atoms with E-state index in [1.54, 1.807) is 13.8 Å². The summed E-state index contributed by atoms with van der Waals surface area (Å²) in [5.74, 6) is 0.270. The van der Waals surface area contributed by atoms with Crippen molar-refractivity contribution in [1.29, 1.82) is 0 Å². The third-order valence-corrected chi connectivity index (χ3v) is 4.15. The number of Topliss-reactive ketones (excluding diaryl/α,β-unsaturated/α-hetero) is 2. The highest BCUT2D eigenvalue weighted by Gasteiger charge is 2.05. The molecule has 0 saturated heterocycles. The van der Waals surface area contributed by atoms with Crippen LogP contribution in [0.4, 0.5) is 0 Å². The van der Waals surface area contributed by atoms with Gasteiger partial charge in [0, 0.05) is 16.5 Å². The Morgan fingerprint density at radius 1 is 0.826 bits per heavy atom. The summed E-state index contributed by atoms with van der Waals surface area (Å²) in [4.78, 5) is 22.1. The third kappa shape index (κ3) is 5.76. The Balaban J connectivity index is 0.000000231. The molecule has 0 aliphatic carbocycles. The summed E-state index contributed by atoms with van der Waals surface area (Å²) in [6.45, 7) is 9.20. The maximum absolute atomic E-state index is 11.1. The minimum Gasteiger partial charge on any atom is -0.295 e. The van der Waals surface area contributed by atoms with E-state index < -0.39 is 0 Å². The number of hydrogen-bond donors (Lipinski definition) is 0. The van der Waals surface area contributed by atoms with Gasteiger partial charge in [-0.15, -0.1) is 0 Å². The van der Waals surface area contributed by atoms with Gasteiger partial charge in [-0.3, -0.25) is 9.59 Å². The largest absolute Gasteiger partial charge is 0.295 e. The summed E-state index contributed by atoms with van der Waals surface area (Å²) in [5, 5.41) is 0.740. The number of carbonyl (C=O) groups is 2. The van der Waals surface area contributed by atoms with Gasteiger partial charge in [0.25, 0.3) is 0 Å². The summed E-state index contributed by atoms with van der Waals surface area (Å²) in [7, 11) is 0. The number of ketones is 2. The molecule has 122 valence electrons. The topological polar surface area (TPSA) is 34.1 Å². The van der Waals surface area contributed by atoms with Crippen LogP contribution in [0.3, 0.4) is 0 Å². The van der Waals surface area contributed by atoms with Gasteiger partial charge in [0.05, 0.1) is 0 Å². The standard InChI is InChI=1S/C10H11BrO.C10H12O/c1-7-3-4-10(8(2)12)9(5-7)6-11;1-7-4-5-10(9(3)11)8(2)6-7/h3-5H,6H2,1-2H3;4-6H,1-3H3. The number of halogens is 1. The lowest BCUT2D eigenvalue weighted by molar-refractivity contribution is 0.100. The molecule has 0 aromatic heterocycles. The second-order valence-corrected chi connectivity index (χ2v) is 6.29. The normalized spacial score (nSPS) is 9.83. The van der Waals surface area contributed by atoms with Gasteiger partial charge in [-0.1, -0.05) is 63.5 Å². The number of carbonyl (C=O) groups excluding carboxylic acids is 2. The number of hydrogen-bond acceptors (Lipinski definition) is 2. The molecule has 2 aromatic carbocycles. The van der Waals surface area contributed by atoms with Gasteiger partial charge < -0.3 is 0 Å². The van der Waals surface area contributed by atoms with Crippen molar-refractivity contribution >= 4 is 27.5 Å². The number of alkyl halides is 1. The lowest BCUT2D eigenvalue weighted by atomic mass is 10.0. The van der Waals surface area contributed by atoms with E-state index in [4.69, 9.17) is 0 Å². The Morgan fingerprint density at radius 2 is 1.30 bits per heavy atom. The molecule has 2 nitrogen and oxygen atoms in total. The highest BCUT2D eigenvalue weighted by atomic mass is 79.9. The molecule has 0 bridgehead atoms. The van der Waals surface area contributed by atoms with Crippen molar-refractivity contribution in [3.8, 4) is 0 Å². The van der Waals surface area contributed by atoms with Crippen LogP contribution in [-0.4, -0.2) is 11.6 Å². The number of benzene rings is 2. The van der Waals surface area contributed by atoms with Crippen molar-refractivity contribution in [3.05, 3.63) is 69.8 Å². The minimum absolute atomic E-state index is 0.129. The fourth-order valence-electron chi connectivity index (χ4n) is 2.39. The molecule has 2 aromatic rings. The van der Waals surface area contributed by atoms with E-state index >= 15 is 0 Å². The van der Waals surface area contributed by atoms with Crippen molar-refractivity contribution in [2.24, 2.45) is 0 Å². The molecule has 23 heavy (non-hydrogen) atoms. The number of aryl methyl sites for hydroxylation is 3. The van der Waals surface area contributed by atoms with Crippen LogP contribution in [0.1, 0.15) is 56.8 Å². The van der Waals surface area contributed by atoms with Crippen molar-refractivity contribution in [2.45, 2.75) is 39.9 Å². The van der Waals surface area contributed by atoms with Crippen LogP contribution in [0.5, 0.6) is 0 Å². The van der Waals surface area contributed by atoms with E-state index in [0.29, 0.717) is 0 Å². The first-order valence-electron chi connectivity index (χ1n) is 7.51. The highest BCUT2D eigenvalue weighted by Crippen LogP contribution is 2.15. The van der Waals surface area contributed by atoms with E-state index in [1.807, 2.05) is 57.2 Å². The smallest absolute Gasteiger partial charge is 0.160 e. The number of rotatable bonds is 3. The zero-order chi connectivity index (χ0) is 17.6. The summed E-state index contributed by atoms with van der Waals surface area (Å²) < 4.78 is 0. The second-order valence-electron chi connectivity index (χ2n) is 5.72. The SMILES string of the molecule is CC(=O)c1ccc(C)cc1C.CC(=O)c1ccc(C)cc1CBr. The van der Waals surface area contributed by atoms with E-state index in [-0.39, 0.29) is 11.6 Å². The Morgan fingerprint density at radius 3 is 1.74 bits per heavy atom. The molecular formula is C20H23BrO2. The Kier molecular flexibility index (Phi) is 7.37. The summed E-state index contributed by atoms with van der Waals surface area (Å²) in [6, 6.07) is 11.7. The highest BCUT2D eigenvalue weighted by molar-refractivity contribution is 9.08. The molecule has 0 aliphatic rings. The molecule has 0 spiro atoms. The van der Waals surface area contributed by atoms with Crippen molar-refractivity contribution in [1.82, 2.24) is 0 Å². The minimum atomic E-state index is 0.129. The Bertz CT molecular complexity index is 718. The molecule has 0 atom stereocenters. The first-order chi connectivity index (χ1) is 10.8. The third-order valence-electron chi connectivity index (χ3n) is 3.55. The van der Waals surface area contributed by atoms with Crippen LogP contribution in [0.2, 0.25) is 0 Å². The summed E-state index contributed by atoms with van der Waals surface area (Å²) in [5.41, 5.74) is 6.18. The lowest BCUT2D eigenvalue weighted by Gasteiger charge is -2.03. The molecule has 3 heteroatoms. The first kappa shape index (κ1) is 19.3. The fraction of sp³-hybridized carbons (Fsp3) is 0.300. The van der Waals surface area contributed by atoms with Gasteiger partial charge in [0.1, 0.15) is 0 Å². The second kappa shape index (κ2) is 8.78. The molecule has 2 rings (SSSR count). The Labute approximate surface area is 147 Å². The van der Waals surface area contributed by atoms with Gasteiger partial charge in [-0.25, -0.2) is 0 Å². The average molecular weight is 375 g/mol. The van der Waals surface area contributed by atoms with Crippen molar-refractivity contribution < 1.29 is 9.59 Å². The van der Waals surface area contributed by atoms with Crippen LogP contribution in [0.15, 0.2) is 36.4 Å². The van der Waals surface area contributed by atoms with Crippen LogP contribution in [-0.2, 0) is 5.33 Å². The fourth-order valence-corrected chi connectivity index (χ4v) is 2.85. The lowest BCUT2D eigenvalue weighted by Crippen LogP contribution is -1.97. The van der Waals surface area contributed by atoms with Crippen molar-refractivity contribution in [3.63, 3.8) is 0 Å². The van der Waals surface area contributed by atoms with Crippen LogP contribution in [0.25, 0.3) is 0 Å². The van der Waals surface area contributed by atoms with Gasteiger partial charge in [-0.05, 0) is 45.7 Å². The summed E-state index contributed by atoms with van der Waals surface area (Å²) in [6.07, 6.45) is 0. The Hall–Kier alpha value is -1.74. The molecule has 0 radical (unpaired) electrons. The quantitative estimate of drug-likeness (QED) is 0.517.